The van der Waals surface area contributed by atoms with Crippen LogP contribution in [0.1, 0.15) is 12.8 Å². The maximum Gasteiger partial charge on any atom is 0.263 e. The van der Waals surface area contributed by atoms with Crippen molar-refractivity contribution in [1.82, 2.24) is 14.9 Å². The van der Waals surface area contributed by atoms with Crippen LogP contribution in [0.25, 0.3) is 10.9 Å². The molecule has 1 fully saturated rings. The van der Waals surface area contributed by atoms with Gasteiger partial charge in [0.25, 0.3) is 5.56 Å². The molecule has 4 nitrogen and oxygen atoms in total. The van der Waals surface area contributed by atoms with Gasteiger partial charge in [0, 0.05) is 12.6 Å². The van der Waals surface area contributed by atoms with Crippen LogP contribution in [0, 0.1) is 0 Å². The van der Waals surface area contributed by atoms with Gasteiger partial charge in [-0.25, -0.2) is 4.98 Å². The maximum absolute atomic E-state index is 12.5. The fourth-order valence-corrected chi connectivity index (χ4v) is 2.97. The third-order valence-electron chi connectivity index (χ3n) is 3.45. The van der Waals surface area contributed by atoms with Gasteiger partial charge in [-0.1, -0.05) is 17.7 Å². The molecule has 0 amide bonds. The third-order valence-corrected chi connectivity index (χ3v) is 4.05. The number of fused-ring (bicyclic) bond motifs is 1. The summed E-state index contributed by atoms with van der Waals surface area (Å²) in [6.07, 6.45) is 2.17. The molecule has 1 atom stereocenters. The standard InChI is InChI=1S/C13H13Cl2N3O/c14-9-4-1-5-10-11(9)12(19)18(13(15)17-10)7-8-3-2-6-16-8/h1,4-5,8,16H,2-3,6-7H2. The quantitative estimate of drug-likeness (QED) is 0.866. The summed E-state index contributed by atoms with van der Waals surface area (Å²) in [7, 11) is 0. The van der Waals surface area contributed by atoms with E-state index >= 15 is 0 Å². The van der Waals surface area contributed by atoms with Crippen molar-refractivity contribution >= 4 is 34.1 Å². The smallest absolute Gasteiger partial charge is 0.263 e. The Balaban J connectivity index is 2.13. The summed E-state index contributed by atoms with van der Waals surface area (Å²) in [5.74, 6) is 0. The van der Waals surface area contributed by atoms with Crippen molar-refractivity contribution in [2.24, 2.45) is 0 Å². The van der Waals surface area contributed by atoms with E-state index in [4.69, 9.17) is 23.2 Å². The Kier molecular flexibility index (Phi) is 3.48. The molecule has 1 aliphatic heterocycles. The van der Waals surface area contributed by atoms with Gasteiger partial charge in [-0.05, 0) is 43.1 Å². The zero-order valence-corrected chi connectivity index (χ0v) is 11.7. The lowest BCUT2D eigenvalue weighted by atomic mass is 10.2. The molecule has 1 N–H and O–H groups in total. The van der Waals surface area contributed by atoms with Crippen molar-refractivity contribution in [3.05, 3.63) is 38.9 Å². The molecule has 1 unspecified atom stereocenters. The Labute approximate surface area is 120 Å². The molecule has 1 saturated heterocycles. The molecule has 19 heavy (non-hydrogen) atoms. The van der Waals surface area contributed by atoms with Crippen LogP contribution in [0.15, 0.2) is 23.0 Å². The van der Waals surface area contributed by atoms with Crippen molar-refractivity contribution < 1.29 is 0 Å². The van der Waals surface area contributed by atoms with Crippen LogP contribution in [0.2, 0.25) is 10.3 Å². The van der Waals surface area contributed by atoms with Gasteiger partial charge in [0.05, 0.1) is 15.9 Å². The SMILES string of the molecule is O=c1c2c(Cl)cccc2nc(Cl)n1CC1CCCN1. The summed E-state index contributed by atoms with van der Waals surface area (Å²) in [5.41, 5.74) is 0.368. The van der Waals surface area contributed by atoms with Gasteiger partial charge in [0.15, 0.2) is 0 Å². The van der Waals surface area contributed by atoms with Gasteiger partial charge < -0.3 is 5.32 Å². The van der Waals surface area contributed by atoms with Crippen LogP contribution in [0.4, 0.5) is 0 Å². The zero-order chi connectivity index (χ0) is 13.4. The van der Waals surface area contributed by atoms with Gasteiger partial charge in [0.1, 0.15) is 0 Å². The number of hydrogen-bond acceptors (Lipinski definition) is 3. The van der Waals surface area contributed by atoms with Crippen molar-refractivity contribution in [3.8, 4) is 0 Å². The van der Waals surface area contributed by atoms with E-state index in [9.17, 15) is 4.79 Å². The first-order valence-corrected chi connectivity index (χ1v) is 7.00. The van der Waals surface area contributed by atoms with E-state index in [0.29, 0.717) is 22.5 Å². The predicted molar refractivity (Wildman–Crippen MR) is 77.0 cm³/mol. The minimum Gasteiger partial charge on any atom is -0.312 e. The molecule has 0 radical (unpaired) electrons. The van der Waals surface area contributed by atoms with Crippen molar-refractivity contribution in [2.45, 2.75) is 25.4 Å². The molecule has 1 aliphatic rings. The summed E-state index contributed by atoms with van der Waals surface area (Å²) >= 11 is 12.2. The average molecular weight is 298 g/mol. The van der Waals surface area contributed by atoms with Crippen LogP contribution in [0.3, 0.4) is 0 Å². The molecular formula is C13H13Cl2N3O. The first-order chi connectivity index (χ1) is 9.16. The summed E-state index contributed by atoms with van der Waals surface area (Å²) in [6, 6.07) is 5.47. The van der Waals surface area contributed by atoms with Gasteiger partial charge >= 0.3 is 0 Å². The van der Waals surface area contributed by atoms with Gasteiger partial charge in [0.2, 0.25) is 5.28 Å². The molecule has 0 bridgehead atoms. The van der Waals surface area contributed by atoms with Crippen LogP contribution in [0.5, 0.6) is 0 Å². The minimum absolute atomic E-state index is 0.172. The second-order valence-corrected chi connectivity index (χ2v) is 5.47. The summed E-state index contributed by atoms with van der Waals surface area (Å²) in [4.78, 5) is 16.7. The molecule has 6 heteroatoms. The first-order valence-electron chi connectivity index (χ1n) is 6.25. The highest BCUT2D eigenvalue weighted by Gasteiger charge is 2.18. The highest BCUT2D eigenvalue weighted by molar-refractivity contribution is 6.35. The largest absolute Gasteiger partial charge is 0.312 e. The molecular weight excluding hydrogens is 285 g/mol. The number of aromatic nitrogens is 2. The fourth-order valence-electron chi connectivity index (χ4n) is 2.49. The van der Waals surface area contributed by atoms with E-state index in [1.807, 2.05) is 0 Å². The minimum atomic E-state index is -0.172. The van der Waals surface area contributed by atoms with Crippen LogP contribution >= 0.6 is 23.2 Å². The Morgan fingerprint density at radius 2 is 2.26 bits per heavy atom. The average Bonchev–Trinajstić information content (AvgIpc) is 2.87. The highest BCUT2D eigenvalue weighted by Crippen LogP contribution is 2.20. The van der Waals surface area contributed by atoms with Gasteiger partial charge in [-0.2, -0.15) is 0 Å². The molecule has 0 spiro atoms. The molecule has 100 valence electrons. The molecule has 0 saturated carbocycles. The first kappa shape index (κ1) is 12.9. The van der Waals surface area contributed by atoms with Crippen LogP contribution in [-0.2, 0) is 6.54 Å². The van der Waals surface area contributed by atoms with Crippen LogP contribution < -0.4 is 10.9 Å². The lowest BCUT2D eigenvalue weighted by molar-refractivity contribution is 0.498. The molecule has 3 rings (SSSR count). The van der Waals surface area contributed by atoms with Gasteiger partial charge in [-0.3, -0.25) is 9.36 Å². The topological polar surface area (TPSA) is 46.9 Å². The molecule has 2 aromatic rings. The number of hydrogen-bond donors (Lipinski definition) is 1. The van der Waals surface area contributed by atoms with E-state index in [1.54, 1.807) is 18.2 Å². The third kappa shape index (κ3) is 2.36. The van der Waals surface area contributed by atoms with Gasteiger partial charge in [-0.15, -0.1) is 0 Å². The molecule has 2 heterocycles. The highest BCUT2D eigenvalue weighted by atomic mass is 35.5. The van der Waals surface area contributed by atoms with Crippen molar-refractivity contribution in [1.29, 1.82) is 0 Å². The molecule has 0 aliphatic carbocycles. The summed E-state index contributed by atoms with van der Waals surface area (Å²) < 4.78 is 1.50. The predicted octanol–water partition coefficient (Wildman–Crippen LogP) is 2.46. The summed E-state index contributed by atoms with van der Waals surface area (Å²) in [5, 5.41) is 4.41. The van der Waals surface area contributed by atoms with E-state index in [1.165, 1.54) is 4.57 Å². The number of rotatable bonds is 2. The van der Waals surface area contributed by atoms with E-state index in [0.717, 1.165) is 19.4 Å². The van der Waals surface area contributed by atoms with E-state index < -0.39 is 0 Å². The fraction of sp³-hybridized carbons (Fsp3) is 0.385. The second kappa shape index (κ2) is 5.12. The monoisotopic (exact) mass is 297 g/mol. The number of nitrogens with one attached hydrogen (secondary N) is 1. The summed E-state index contributed by atoms with van der Waals surface area (Å²) in [6.45, 7) is 1.52. The van der Waals surface area contributed by atoms with E-state index in [-0.39, 0.29) is 16.9 Å². The Morgan fingerprint density at radius 1 is 1.42 bits per heavy atom. The normalized spacial score (nSPS) is 19.2. The number of nitrogens with zero attached hydrogens (tertiary/aromatic N) is 2. The zero-order valence-electron chi connectivity index (χ0n) is 10.2. The van der Waals surface area contributed by atoms with Crippen molar-refractivity contribution in [2.75, 3.05) is 6.54 Å². The maximum atomic E-state index is 12.5. The molecule has 1 aromatic heterocycles. The van der Waals surface area contributed by atoms with Crippen LogP contribution in [-0.4, -0.2) is 22.1 Å². The lowest BCUT2D eigenvalue weighted by Crippen LogP contribution is -2.33. The number of benzene rings is 1. The van der Waals surface area contributed by atoms with E-state index in [2.05, 4.69) is 10.3 Å². The second-order valence-electron chi connectivity index (χ2n) is 4.72. The lowest BCUT2D eigenvalue weighted by Gasteiger charge is -2.14. The Hall–Kier alpha value is -1.10. The van der Waals surface area contributed by atoms with Crippen molar-refractivity contribution in [3.63, 3.8) is 0 Å². The Morgan fingerprint density at radius 3 is 3.00 bits per heavy atom. The Bertz CT molecular complexity index is 677. The number of halogens is 2. The molecule has 1 aromatic carbocycles.